The van der Waals surface area contributed by atoms with Crippen molar-refractivity contribution < 1.29 is 24.5 Å². The van der Waals surface area contributed by atoms with E-state index in [-0.39, 0.29) is 41.2 Å². The molecule has 1 aliphatic heterocycles. The highest BCUT2D eigenvalue weighted by molar-refractivity contribution is 5.66. The summed E-state index contributed by atoms with van der Waals surface area (Å²) in [5.41, 5.74) is 0.513. The second-order valence-corrected chi connectivity index (χ2v) is 14.5. The third kappa shape index (κ3) is 2.75. The summed E-state index contributed by atoms with van der Waals surface area (Å²) >= 11 is 0. The molecule has 1 saturated heterocycles. The van der Waals surface area contributed by atoms with E-state index < -0.39 is 12.2 Å². The smallest absolute Gasteiger partial charge is 0.406 e. The van der Waals surface area contributed by atoms with Gasteiger partial charge < -0.3 is 25.0 Å². The molecule has 12 atom stereocenters. The van der Waals surface area contributed by atoms with Crippen molar-refractivity contribution >= 4 is 6.09 Å². The number of hydrogen-bond acceptors (Lipinski definition) is 5. The van der Waals surface area contributed by atoms with Gasteiger partial charge in [-0.25, -0.2) is 4.79 Å². The summed E-state index contributed by atoms with van der Waals surface area (Å²) in [6.07, 6.45) is 7.49. The molecule has 3 N–H and O–H groups in total. The minimum Gasteiger partial charge on any atom is -0.447 e. The Hall–Kier alpha value is -0.850. The highest BCUT2D eigenvalue weighted by atomic mass is 16.6. The van der Waals surface area contributed by atoms with Crippen LogP contribution in [-0.2, 0) is 9.47 Å². The first-order valence-corrected chi connectivity index (χ1v) is 14.3. The summed E-state index contributed by atoms with van der Waals surface area (Å²) in [5.74, 6) is 1.84. The van der Waals surface area contributed by atoms with Crippen molar-refractivity contribution in [3.63, 3.8) is 0 Å². The van der Waals surface area contributed by atoms with Crippen LogP contribution in [0.4, 0.5) is 4.79 Å². The van der Waals surface area contributed by atoms with Gasteiger partial charge in [0.1, 0.15) is 6.61 Å². The van der Waals surface area contributed by atoms with E-state index in [2.05, 4.69) is 39.9 Å². The normalized spacial score (nSPS) is 57.6. The van der Waals surface area contributed by atoms with Crippen LogP contribution < -0.4 is 5.32 Å². The molecule has 0 aromatic carbocycles. The number of hydrogen-bond donors (Lipinski definition) is 3. The highest BCUT2D eigenvalue weighted by Crippen LogP contribution is 2.89. The lowest BCUT2D eigenvalue weighted by Crippen LogP contribution is -2.59. The lowest BCUT2D eigenvalue weighted by atomic mass is 9.41. The molecule has 0 unspecified atom stereocenters. The van der Waals surface area contributed by atoms with E-state index in [1.54, 1.807) is 7.05 Å². The molecular formula is C29H47NO5. The summed E-state index contributed by atoms with van der Waals surface area (Å²) < 4.78 is 12.0. The fourth-order valence-electron chi connectivity index (χ4n) is 11.7. The lowest BCUT2D eigenvalue weighted by Gasteiger charge is -2.63. The number of nitrogens with one attached hydrogen (secondary N) is 1. The topological polar surface area (TPSA) is 88.0 Å². The first kappa shape index (κ1) is 24.5. The lowest BCUT2D eigenvalue weighted by molar-refractivity contribution is -0.182. The van der Waals surface area contributed by atoms with Gasteiger partial charge in [0.05, 0.1) is 24.4 Å². The van der Waals surface area contributed by atoms with Crippen LogP contribution in [0.15, 0.2) is 0 Å². The molecule has 6 nitrogen and oxygen atoms in total. The van der Waals surface area contributed by atoms with Crippen molar-refractivity contribution in [2.45, 2.75) is 110 Å². The first-order valence-electron chi connectivity index (χ1n) is 14.3. The average molecular weight is 490 g/mol. The molecule has 2 spiro atoms. The molecule has 198 valence electrons. The predicted molar refractivity (Wildman–Crippen MR) is 133 cm³/mol. The van der Waals surface area contributed by atoms with Gasteiger partial charge >= 0.3 is 6.09 Å². The predicted octanol–water partition coefficient (Wildman–Crippen LogP) is 4.52. The van der Waals surface area contributed by atoms with Crippen LogP contribution in [0.25, 0.3) is 0 Å². The Balaban J connectivity index is 1.31. The maximum Gasteiger partial charge on any atom is 0.406 e. The van der Waals surface area contributed by atoms with Crippen LogP contribution in [0.2, 0.25) is 0 Å². The van der Waals surface area contributed by atoms with Gasteiger partial charge in [0.2, 0.25) is 0 Å². The number of aliphatic hydroxyl groups excluding tert-OH is 2. The number of fused-ring (bicyclic) bond motifs is 4. The second kappa shape index (κ2) is 7.38. The molecule has 0 aromatic rings. The van der Waals surface area contributed by atoms with Gasteiger partial charge in [0.15, 0.2) is 0 Å². The Morgan fingerprint density at radius 1 is 1.03 bits per heavy atom. The molecule has 35 heavy (non-hydrogen) atoms. The van der Waals surface area contributed by atoms with Gasteiger partial charge in [0, 0.05) is 12.5 Å². The Kier molecular flexibility index (Phi) is 5.16. The minimum atomic E-state index is -0.499. The fourth-order valence-corrected chi connectivity index (χ4v) is 11.7. The standard InChI is InChI=1S/C29H47NO5/c1-16-13-17(14-34-24(33)30-6)35-22-21(16)26(4)11-12-29-15-28(29)10-9-20(31)25(2,3)18(28)7-8-19(29)27(26,5)23(22)32/h16-23,31-32H,7-15H2,1-6H3,(H,30,33)/t16-,17-,18+,19+,20+,21+,22+,23+,26-,27-,28-,29+/m1/s1. The second-order valence-electron chi connectivity index (χ2n) is 14.5. The van der Waals surface area contributed by atoms with Gasteiger partial charge in [-0.3, -0.25) is 0 Å². The van der Waals surface area contributed by atoms with E-state index in [1.807, 2.05) is 0 Å². The number of aliphatic hydroxyl groups is 2. The summed E-state index contributed by atoms with van der Waals surface area (Å²) in [5, 5.41) is 25.5. The summed E-state index contributed by atoms with van der Waals surface area (Å²) in [4.78, 5) is 11.7. The molecule has 1 heterocycles. The number of amides is 1. The molecule has 5 aliphatic carbocycles. The van der Waals surface area contributed by atoms with Gasteiger partial charge in [-0.15, -0.1) is 0 Å². The number of carbonyl (C=O) groups is 1. The summed E-state index contributed by atoms with van der Waals surface area (Å²) in [6, 6.07) is 0. The van der Waals surface area contributed by atoms with Crippen LogP contribution in [0.5, 0.6) is 0 Å². The van der Waals surface area contributed by atoms with E-state index in [0.717, 1.165) is 32.1 Å². The van der Waals surface area contributed by atoms with Gasteiger partial charge in [-0.2, -0.15) is 0 Å². The van der Waals surface area contributed by atoms with Crippen LogP contribution >= 0.6 is 0 Å². The molecule has 6 aliphatic rings. The molecule has 6 rings (SSSR count). The van der Waals surface area contributed by atoms with Crippen molar-refractivity contribution in [3.8, 4) is 0 Å². The van der Waals surface area contributed by atoms with E-state index >= 15 is 0 Å². The van der Waals surface area contributed by atoms with Crippen molar-refractivity contribution in [2.24, 2.45) is 50.7 Å². The zero-order valence-electron chi connectivity index (χ0n) is 22.6. The molecule has 1 amide bonds. The summed E-state index contributed by atoms with van der Waals surface area (Å²) in [6.45, 7) is 12.0. The van der Waals surface area contributed by atoms with Crippen LogP contribution in [0.1, 0.15) is 86.0 Å². The zero-order chi connectivity index (χ0) is 25.2. The molecule has 6 heteroatoms. The number of ether oxygens (including phenoxy) is 2. The number of alkyl carbamates (subject to hydrolysis) is 1. The SMILES string of the molecule is CNC(=O)OC[C@H]1C[C@@H](C)[C@H]2[C@H](O1)[C@H](O)[C@@]1(C)[C@@H]3CC[C@H]4C(C)(C)[C@@H](O)CC[C@@]45C[C@@]35CC[C@]21C. The largest absolute Gasteiger partial charge is 0.447 e. The van der Waals surface area contributed by atoms with Crippen LogP contribution in [-0.4, -0.2) is 54.4 Å². The fraction of sp³-hybridized carbons (Fsp3) is 0.966. The molecule has 0 aromatic heterocycles. The average Bonchev–Trinajstić information content (AvgIpc) is 3.45. The van der Waals surface area contributed by atoms with Gasteiger partial charge in [-0.1, -0.05) is 34.6 Å². The molecule has 6 fully saturated rings. The Bertz CT molecular complexity index is 908. The van der Waals surface area contributed by atoms with E-state index in [9.17, 15) is 15.0 Å². The Morgan fingerprint density at radius 3 is 2.43 bits per heavy atom. The monoisotopic (exact) mass is 489 g/mol. The third-order valence-electron chi connectivity index (χ3n) is 13.5. The number of rotatable bonds is 2. The van der Waals surface area contributed by atoms with E-state index in [1.165, 1.54) is 19.3 Å². The van der Waals surface area contributed by atoms with E-state index in [0.29, 0.717) is 34.5 Å². The van der Waals surface area contributed by atoms with Crippen molar-refractivity contribution in [1.82, 2.24) is 5.32 Å². The van der Waals surface area contributed by atoms with Gasteiger partial charge in [-0.05, 0) is 96.7 Å². The quantitative estimate of drug-likeness (QED) is 0.531. The van der Waals surface area contributed by atoms with Gasteiger partial charge in [0.25, 0.3) is 0 Å². The molecule has 0 bridgehead atoms. The molecule has 0 radical (unpaired) electrons. The summed E-state index contributed by atoms with van der Waals surface area (Å²) in [7, 11) is 1.57. The van der Waals surface area contributed by atoms with Crippen LogP contribution in [0.3, 0.4) is 0 Å². The first-order chi connectivity index (χ1) is 16.4. The number of carbonyl (C=O) groups excluding carboxylic acids is 1. The third-order valence-corrected chi connectivity index (χ3v) is 13.5. The van der Waals surface area contributed by atoms with Crippen molar-refractivity contribution in [3.05, 3.63) is 0 Å². The van der Waals surface area contributed by atoms with Crippen LogP contribution in [0, 0.1) is 50.7 Å². The maximum atomic E-state index is 12.1. The zero-order valence-corrected chi connectivity index (χ0v) is 22.6. The molecule has 5 saturated carbocycles. The Morgan fingerprint density at radius 2 is 1.71 bits per heavy atom. The van der Waals surface area contributed by atoms with Crippen molar-refractivity contribution in [2.75, 3.05) is 13.7 Å². The minimum absolute atomic E-state index is 0.0215. The van der Waals surface area contributed by atoms with E-state index in [4.69, 9.17) is 9.47 Å². The van der Waals surface area contributed by atoms with Crippen molar-refractivity contribution in [1.29, 1.82) is 0 Å². The Labute approximate surface area is 210 Å². The highest BCUT2D eigenvalue weighted by Gasteiger charge is 2.84. The maximum absolute atomic E-state index is 12.1. The molecular weight excluding hydrogens is 442 g/mol.